The summed E-state index contributed by atoms with van der Waals surface area (Å²) >= 11 is 0. The predicted octanol–water partition coefficient (Wildman–Crippen LogP) is 4.79. The molecular formula is C39H56N4O6. The Morgan fingerprint density at radius 1 is 0.612 bits per heavy atom. The fraction of sp³-hybridized carbons (Fsp3) is 0.564. The number of nitrogens with one attached hydrogen (secondary N) is 4. The first-order chi connectivity index (χ1) is 23.4. The zero-order valence-electron chi connectivity index (χ0n) is 29.8. The number of hydrogen-bond donors (Lipinski definition) is 4. The van der Waals surface area contributed by atoms with Crippen LogP contribution in [0.3, 0.4) is 0 Å². The smallest absolute Gasteiger partial charge is 0.329 e. The first kappa shape index (κ1) is 39.2. The van der Waals surface area contributed by atoms with Gasteiger partial charge in [-0.25, -0.2) is 4.79 Å². The molecule has 4 unspecified atom stereocenters. The summed E-state index contributed by atoms with van der Waals surface area (Å²) in [5.74, 6) is -2.53. The van der Waals surface area contributed by atoms with Crippen LogP contribution in [0.25, 0.3) is 0 Å². The van der Waals surface area contributed by atoms with Crippen LogP contribution in [-0.2, 0) is 41.6 Å². The molecule has 0 bridgehead atoms. The molecule has 268 valence electrons. The van der Waals surface area contributed by atoms with Gasteiger partial charge >= 0.3 is 5.97 Å². The van der Waals surface area contributed by atoms with Crippen LogP contribution < -0.4 is 21.3 Å². The molecule has 3 rings (SSSR count). The summed E-state index contributed by atoms with van der Waals surface area (Å²) in [6.07, 6.45) is 4.33. The zero-order valence-corrected chi connectivity index (χ0v) is 29.8. The summed E-state index contributed by atoms with van der Waals surface area (Å²) in [4.78, 5) is 69.0. The van der Waals surface area contributed by atoms with Crippen LogP contribution in [0.4, 0.5) is 0 Å². The highest BCUT2D eigenvalue weighted by Crippen LogP contribution is 2.17. The Bertz CT molecular complexity index is 1350. The fourth-order valence-electron chi connectivity index (χ4n) is 6.03. The predicted molar refractivity (Wildman–Crippen MR) is 190 cm³/mol. The van der Waals surface area contributed by atoms with Crippen LogP contribution in [0.1, 0.15) is 97.1 Å². The molecule has 10 heteroatoms. The molecule has 2 aromatic carbocycles. The monoisotopic (exact) mass is 676 g/mol. The van der Waals surface area contributed by atoms with Gasteiger partial charge in [0.05, 0.1) is 6.42 Å². The number of unbranched alkanes of at least 4 members (excludes halogenated alkanes) is 3. The number of hydrogen-bond acceptors (Lipinski definition) is 6. The Labute approximate surface area is 291 Å². The molecule has 0 spiro atoms. The first-order valence-corrected chi connectivity index (χ1v) is 17.9. The second-order valence-electron chi connectivity index (χ2n) is 14.1. The minimum atomic E-state index is -1.05. The van der Waals surface area contributed by atoms with Crippen LogP contribution in [0.5, 0.6) is 0 Å². The van der Waals surface area contributed by atoms with Crippen molar-refractivity contribution in [1.82, 2.24) is 21.3 Å². The summed E-state index contributed by atoms with van der Waals surface area (Å²) in [5, 5.41) is 11.5. The quantitative estimate of drug-likeness (QED) is 0.178. The number of carbonyl (C=O) groups is 5. The number of ether oxygens (including phenoxy) is 1. The number of cyclic esters (lactones) is 1. The van der Waals surface area contributed by atoms with Gasteiger partial charge in [-0.2, -0.15) is 0 Å². The summed E-state index contributed by atoms with van der Waals surface area (Å²) in [7, 11) is 0. The van der Waals surface area contributed by atoms with Crippen molar-refractivity contribution in [1.29, 1.82) is 0 Å². The minimum Gasteiger partial charge on any atom is -0.460 e. The van der Waals surface area contributed by atoms with Gasteiger partial charge in [0.2, 0.25) is 23.6 Å². The van der Waals surface area contributed by atoms with E-state index in [1.807, 2.05) is 88.4 Å². The average molecular weight is 677 g/mol. The van der Waals surface area contributed by atoms with E-state index in [0.717, 1.165) is 36.8 Å². The summed E-state index contributed by atoms with van der Waals surface area (Å²) < 4.78 is 6.00. The van der Waals surface area contributed by atoms with E-state index < -0.39 is 59.9 Å². The number of carbonyl (C=O) groups excluding carboxylic acids is 5. The molecule has 1 heterocycles. The highest BCUT2D eigenvalue weighted by Gasteiger charge is 2.34. The lowest BCUT2D eigenvalue weighted by Crippen LogP contribution is -2.59. The third-order valence-electron chi connectivity index (χ3n) is 8.57. The molecule has 49 heavy (non-hydrogen) atoms. The maximum Gasteiger partial charge on any atom is 0.329 e. The van der Waals surface area contributed by atoms with Gasteiger partial charge in [0.25, 0.3) is 0 Å². The molecule has 1 saturated heterocycles. The maximum atomic E-state index is 13.9. The molecule has 0 aromatic heterocycles. The molecule has 1 aliphatic rings. The second-order valence-corrected chi connectivity index (χ2v) is 14.1. The lowest BCUT2D eigenvalue weighted by atomic mass is 9.98. The van der Waals surface area contributed by atoms with Crippen molar-refractivity contribution in [3.8, 4) is 0 Å². The van der Waals surface area contributed by atoms with Crippen molar-refractivity contribution in [3.63, 3.8) is 0 Å². The Morgan fingerprint density at radius 3 is 1.61 bits per heavy atom. The molecule has 0 saturated carbocycles. The van der Waals surface area contributed by atoms with E-state index in [0.29, 0.717) is 19.3 Å². The van der Waals surface area contributed by atoms with Crippen molar-refractivity contribution in [2.75, 3.05) is 0 Å². The van der Waals surface area contributed by atoms with Gasteiger partial charge < -0.3 is 26.0 Å². The van der Waals surface area contributed by atoms with E-state index in [1.165, 1.54) is 0 Å². The van der Waals surface area contributed by atoms with Gasteiger partial charge in [-0.15, -0.1) is 0 Å². The van der Waals surface area contributed by atoms with E-state index in [1.54, 1.807) is 0 Å². The molecule has 10 nitrogen and oxygen atoms in total. The zero-order chi connectivity index (χ0) is 35.8. The Morgan fingerprint density at radius 2 is 1.08 bits per heavy atom. The lowest BCUT2D eigenvalue weighted by molar-refractivity contribution is -0.155. The third kappa shape index (κ3) is 14.0. The van der Waals surface area contributed by atoms with Crippen molar-refractivity contribution >= 4 is 29.6 Å². The fourth-order valence-corrected chi connectivity index (χ4v) is 6.03. The molecule has 1 fully saturated rings. The van der Waals surface area contributed by atoms with Crippen molar-refractivity contribution in [2.24, 2.45) is 11.8 Å². The third-order valence-corrected chi connectivity index (χ3v) is 8.57. The summed E-state index contributed by atoms with van der Waals surface area (Å²) in [6, 6.07) is 14.7. The minimum absolute atomic E-state index is 0.0291. The normalized spacial score (nSPS) is 23.0. The molecule has 4 amide bonds. The van der Waals surface area contributed by atoms with Crippen LogP contribution in [0.2, 0.25) is 0 Å². The standard InChI is InChI=1S/C39H56N4O6/c1-6-7-8-15-20-30-25-35(44)40-31(21-26(2)3)36(45)42-33(23-28-16-11-9-12-17-28)38(47)41-32(22-27(4)5)37(46)43-34(39(48)49-30)24-29-18-13-10-14-19-29/h9-14,16-19,26-27,30-34H,6-8,15,20-25H2,1-5H3,(H,40,44)(H,41,47)(H,42,45)(H,43,46)/t30?,31?,32?,33-,34?/m1/s1. The maximum absolute atomic E-state index is 13.9. The molecule has 0 aliphatic carbocycles. The van der Waals surface area contributed by atoms with E-state index in [2.05, 4.69) is 28.2 Å². The average Bonchev–Trinajstić information content (AvgIpc) is 3.05. The van der Waals surface area contributed by atoms with E-state index in [-0.39, 0.29) is 31.1 Å². The number of rotatable bonds is 13. The van der Waals surface area contributed by atoms with E-state index in [4.69, 9.17) is 4.74 Å². The molecule has 0 radical (unpaired) electrons. The van der Waals surface area contributed by atoms with E-state index >= 15 is 0 Å². The molecule has 2 aromatic rings. The summed E-state index contributed by atoms with van der Waals surface area (Å²) in [5.41, 5.74) is 1.64. The lowest BCUT2D eigenvalue weighted by Gasteiger charge is -2.29. The van der Waals surface area contributed by atoms with Crippen LogP contribution in [0.15, 0.2) is 60.7 Å². The SMILES string of the molecule is CCCCCCC1CC(=O)NC(CC(C)C)C(=O)N[C@H](Cc2ccccc2)C(=O)NC(CC(C)C)C(=O)NC(Cc2ccccc2)C(=O)O1. The number of esters is 1. The van der Waals surface area contributed by atoms with Crippen LogP contribution in [0, 0.1) is 11.8 Å². The topological polar surface area (TPSA) is 143 Å². The van der Waals surface area contributed by atoms with Gasteiger partial charge in [-0.3, -0.25) is 19.2 Å². The second kappa shape index (κ2) is 20.3. The van der Waals surface area contributed by atoms with Crippen molar-refractivity contribution in [2.45, 2.75) is 129 Å². The van der Waals surface area contributed by atoms with Gasteiger partial charge in [-0.05, 0) is 48.6 Å². The number of benzene rings is 2. The van der Waals surface area contributed by atoms with Crippen LogP contribution >= 0.6 is 0 Å². The van der Waals surface area contributed by atoms with Gasteiger partial charge in [0.1, 0.15) is 30.3 Å². The van der Waals surface area contributed by atoms with Gasteiger partial charge in [-0.1, -0.05) is 115 Å². The van der Waals surface area contributed by atoms with Crippen molar-refractivity contribution < 1.29 is 28.7 Å². The number of amides is 4. The molecule has 1 aliphatic heterocycles. The Balaban J connectivity index is 2.03. The van der Waals surface area contributed by atoms with Gasteiger partial charge in [0.15, 0.2) is 0 Å². The highest BCUT2D eigenvalue weighted by molar-refractivity contribution is 5.95. The molecular weight excluding hydrogens is 620 g/mol. The summed E-state index contributed by atoms with van der Waals surface area (Å²) in [6.45, 7) is 9.90. The Kier molecular flexibility index (Phi) is 16.3. The highest BCUT2D eigenvalue weighted by atomic mass is 16.5. The van der Waals surface area contributed by atoms with Crippen molar-refractivity contribution in [3.05, 3.63) is 71.8 Å². The van der Waals surface area contributed by atoms with E-state index in [9.17, 15) is 24.0 Å². The first-order valence-electron chi connectivity index (χ1n) is 17.9. The van der Waals surface area contributed by atoms with Gasteiger partial charge in [0, 0.05) is 12.8 Å². The largest absolute Gasteiger partial charge is 0.460 e. The Hall–Kier alpha value is -4.21. The van der Waals surface area contributed by atoms with Crippen LogP contribution in [-0.4, -0.2) is 59.9 Å². The molecule has 5 atom stereocenters. The molecule has 4 N–H and O–H groups in total.